The fourth-order valence-electron chi connectivity index (χ4n) is 2.28. The highest BCUT2D eigenvalue weighted by Gasteiger charge is 2.09. The number of carbonyl (C=O) groups is 1. The summed E-state index contributed by atoms with van der Waals surface area (Å²) in [7, 11) is 3.39. The number of hydrogen-bond acceptors (Lipinski definition) is 6. The van der Waals surface area contributed by atoms with E-state index in [1.807, 2.05) is 26.1 Å². The summed E-state index contributed by atoms with van der Waals surface area (Å²) in [6, 6.07) is 9.04. The van der Waals surface area contributed by atoms with Crippen LogP contribution in [0.1, 0.15) is 35.8 Å². The van der Waals surface area contributed by atoms with E-state index >= 15 is 0 Å². The predicted molar refractivity (Wildman–Crippen MR) is 96.0 cm³/mol. The molecule has 128 valence electrons. The Kier molecular flexibility index (Phi) is 6.12. The second-order valence-corrected chi connectivity index (χ2v) is 5.66. The third-order valence-corrected chi connectivity index (χ3v) is 3.62. The van der Waals surface area contributed by atoms with Gasteiger partial charge in [0.1, 0.15) is 5.82 Å². The number of nitrogens with zero attached hydrogens (tertiary/aromatic N) is 3. The van der Waals surface area contributed by atoms with Gasteiger partial charge in [-0.05, 0) is 31.5 Å². The van der Waals surface area contributed by atoms with Crippen LogP contribution in [0.25, 0.3) is 0 Å². The van der Waals surface area contributed by atoms with E-state index in [1.54, 1.807) is 18.2 Å². The van der Waals surface area contributed by atoms with Crippen LogP contribution in [0, 0.1) is 6.92 Å². The molecule has 2 rings (SSSR count). The van der Waals surface area contributed by atoms with Gasteiger partial charge in [-0.3, -0.25) is 0 Å². The Labute approximate surface area is 142 Å². The summed E-state index contributed by atoms with van der Waals surface area (Å²) >= 11 is 0. The predicted octanol–water partition coefficient (Wildman–Crippen LogP) is 3.55. The molecular weight excluding hydrogens is 304 g/mol. The first-order valence-electron chi connectivity index (χ1n) is 8.05. The van der Waals surface area contributed by atoms with Crippen molar-refractivity contribution in [3.63, 3.8) is 0 Å². The molecule has 0 fully saturated rings. The number of carbonyl (C=O) groups excluding carboxylic acids is 1. The zero-order valence-electron chi connectivity index (χ0n) is 14.7. The van der Waals surface area contributed by atoms with Crippen molar-refractivity contribution < 1.29 is 9.53 Å². The highest BCUT2D eigenvalue weighted by atomic mass is 16.5. The zero-order chi connectivity index (χ0) is 17.5. The molecule has 1 aromatic carbocycles. The summed E-state index contributed by atoms with van der Waals surface area (Å²) in [6.45, 7) is 5.06. The third-order valence-electron chi connectivity index (χ3n) is 3.62. The minimum atomic E-state index is -0.371. The summed E-state index contributed by atoms with van der Waals surface area (Å²) < 4.78 is 4.74. The van der Waals surface area contributed by atoms with E-state index in [0.29, 0.717) is 11.5 Å². The van der Waals surface area contributed by atoms with Gasteiger partial charge in [-0.2, -0.15) is 4.98 Å². The summed E-state index contributed by atoms with van der Waals surface area (Å²) in [4.78, 5) is 22.7. The molecule has 0 saturated carbocycles. The van der Waals surface area contributed by atoms with Gasteiger partial charge in [0.15, 0.2) is 0 Å². The Morgan fingerprint density at radius 2 is 2.08 bits per heavy atom. The molecule has 6 nitrogen and oxygen atoms in total. The molecule has 1 N–H and O–H groups in total. The van der Waals surface area contributed by atoms with Crippen molar-refractivity contribution in [1.82, 2.24) is 9.97 Å². The molecular formula is C18H24N4O2. The molecule has 0 radical (unpaired) electrons. The number of aryl methyl sites for hydroxylation is 1. The molecule has 0 spiro atoms. The van der Waals surface area contributed by atoms with E-state index < -0.39 is 0 Å². The molecule has 1 aromatic heterocycles. The van der Waals surface area contributed by atoms with E-state index in [0.717, 1.165) is 36.6 Å². The van der Waals surface area contributed by atoms with Gasteiger partial charge >= 0.3 is 5.97 Å². The van der Waals surface area contributed by atoms with E-state index in [4.69, 9.17) is 4.74 Å². The Balaban J connectivity index is 2.20. The van der Waals surface area contributed by atoms with Crippen molar-refractivity contribution in [2.75, 3.05) is 30.9 Å². The second kappa shape index (κ2) is 8.29. The highest BCUT2D eigenvalue weighted by molar-refractivity contribution is 5.90. The minimum absolute atomic E-state index is 0.371. The van der Waals surface area contributed by atoms with Crippen LogP contribution in [0.15, 0.2) is 30.3 Å². The Morgan fingerprint density at radius 3 is 2.79 bits per heavy atom. The van der Waals surface area contributed by atoms with Crippen LogP contribution in [-0.2, 0) is 4.74 Å². The lowest BCUT2D eigenvalue weighted by Crippen LogP contribution is -2.20. The highest BCUT2D eigenvalue weighted by Crippen LogP contribution is 2.19. The first-order valence-corrected chi connectivity index (χ1v) is 8.05. The van der Waals surface area contributed by atoms with Crippen molar-refractivity contribution in [2.45, 2.75) is 26.7 Å². The topological polar surface area (TPSA) is 67.4 Å². The first kappa shape index (κ1) is 17.7. The van der Waals surface area contributed by atoms with Crippen molar-refractivity contribution in [3.8, 4) is 0 Å². The van der Waals surface area contributed by atoms with Crippen molar-refractivity contribution in [2.24, 2.45) is 0 Å². The number of unbranched alkanes of at least 4 members (excludes halogenated alkanes) is 1. The van der Waals surface area contributed by atoms with Crippen LogP contribution < -0.4 is 10.2 Å². The molecule has 0 amide bonds. The van der Waals surface area contributed by atoms with Gasteiger partial charge < -0.3 is 15.0 Å². The fourth-order valence-corrected chi connectivity index (χ4v) is 2.28. The third kappa shape index (κ3) is 4.68. The Hall–Kier alpha value is -2.63. The number of anilines is 3. The number of nitrogens with one attached hydrogen (secondary N) is 1. The Bertz CT molecular complexity index is 703. The smallest absolute Gasteiger partial charge is 0.337 e. The van der Waals surface area contributed by atoms with Crippen LogP contribution in [0.5, 0.6) is 0 Å². The normalized spacial score (nSPS) is 10.3. The molecule has 0 saturated heterocycles. The monoisotopic (exact) mass is 328 g/mol. The minimum Gasteiger partial charge on any atom is -0.465 e. The summed E-state index contributed by atoms with van der Waals surface area (Å²) in [6.07, 6.45) is 2.25. The largest absolute Gasteiger partial charge is 0.465 e. The van der Waals surface area contributed by atoms with Crippen LogP contribution in [-0.4, -0.2) is 36.6 Å². The molecule has 2 aromatic rings. The molecule has 0 unspecified atom stereocenters. The maximum absolute atomic E-state index is 11.6. The number of aromatic nitrogens is 2. The molecule has 0 aliphatic rings. The fraction of sp³-hybridized carbons (Fsp3) is 0.389. The van der Waals surface area contributed by atoms with Gasteiger partial charge in [-0.25, -0.2) is 9.78 Å². The SMILES string of the molecule is CCCCN(C)c1cc(C)nc(Nc2cccc(C(=O)OC)c2)n1. The zero-order valence-corrected chi connectivity index (χ0v) is 14.7. The van der Waals surface area contributed by atoms with Crippen molar-refractivity contribution in [3.05, 3.63) is 41.6 Å². The number of hydrogen-bond donors (Lipinski definition) is 1. The van der Waals surface area contributed by atoms with Gasteiger partial charge in [0.05, 0.1) is 12.7 Å². The van der Waals surface area contributed by atoms with Gasteiger partial charge in [0, 0.05) is 31.0 Å². The van der Waals surface area contributed by atoms with E-state index in [-0.39, 0.29) is 5.97 Å². The molecule has 0 atom stereocenters. The molecule has 0 aliphatic carbocycles. The lowest BCUT2D eigenvalue weighted by molar-refractivity contribution is 0.0601. The van der Waals surface area contributed by atoms with Crippen LogP contribution in [0.4, 0.5) is 17.5 Å². The number of esters is 1. The van der Waals surface area contributed by atoms with Gasteiger partial charge in [0.25, 0.3) is 0 Å². The maximum atomic E-state index is 11.6. The standard InChI is InChI=1S/C18H24N4O2/c1-5-6-10-22(3)16-11-13(2)19-18(21-16)20-15-9-7-8-14(12-15)17(23)24-4/h7-9,11-12H,5-6,10H2,1-4H3,(H,19,20,21). The molecule has 6 heteroatoms. The van der Waals surface area contributed by atoms with Gasteiger partial charge in [0.2, 0.25) is 5.95 Å². The molecule has 24 heavy (non-hydrogen) atoms. The van der Waals surface area contributed by atoms with Crippen LogP contribution >= 0.6 is 0 Å². The summed E-state index contributed by atoms with van der Waals surface area (Å²) in [5, 5.41) is 3.16. The first-order chi connectivity index (χ1) is 11.5. The number of benzene rings is 1. The van der Waals surface area contributed by atoms with Gasteiger partial charge in [-0.15, -0.1) is 0 Å². The average molecular weight is 328 g/mol. The van der Waals surface area contributed by atoms with Crippen molar-refractivity contribution in [1.29, 1.82) is 0 Å². The second-order valence-electron chi connectivity index (χ2n) is 5.66. The number of methoxy groups -OCH3 is 1. The van der Waals surface area contributed by atoms with Crippen LogP contribution in [0.2, 0.25) is 0 Å². The maximum Gasteiger partial charge on any atom is 0.337 e. The van der Waals surface area contributed by atoms with E-state index in [9.17, 15) is 4.79 Å². The molecule has 0 aliphatic heterocycles. The van der Waals surface area contributed by atoms with Crippen LogP contribution in [0.3, 0.4) is 0 Å². The molecule has 1 heterocycles. The lowest BCUT2D eigenvalue weighted by Gasteiger charge is -2.19. The number of rotatable bonds is 7. The average Bonchev–Trinajstić information content (AvgIpc) is 2.58. The quantitative estimate of drug-likeness (QED) is 0.784. The van der Waals surface area contributed by atoms with Gasteiger partial charge in [-0.1, -0.05) is 19.4 Å². The van der Waals surface area contributed by atoms with E-state index in [1.165, 1.54) is 7.11 Å². The Morgan fingerprint density at radius 1 is 1.29 bits per heavy atom. The van der Waals surface area contributed by atoms with E-state index in [2.05, 4.69) is 27.1 Å². The number of ether oxygens (including phenoxy) is 1. The summed E-state index contributed by atoms with van der Waals surface area (Å²) in [5.41, 5.74) is 2.11. The molecule has 0 bridgehead atoms. The summed E-state index contributed by atoms with van der Waals surface area (Å²) in [5.74, 6) is 1.02. The lowest BCUT2D eigenvalue weighted by atomic mass is 10.2. The van der Waals surface area contributed by atoms with Crippen molar-refractivity contribution >= 4 is 23.4 Å².